The van der Waals surface area contributed by atoms with Gasteiger partial charge in [-0.15, -0.1) is 0 Å². The highest BCUT2D eigenvalue weighted by Crippen LogP contribution is 2.25. The Labute approximate surface area is 99.0 Å². The predicted molar refractivity (Wildman–Crippen MR) is 66.0 cm³/mol. The van der Waals surface area contributed by atoms with Gasteiger partial charge in [-0.05, 0) is 0 Å². The fourth-order valence-electron chi connectivity index (χ4n) is 1.27. The Hall–Kier alpha value is 0.0600. The van der Waals surface area contributed by atoms with Gasteiger partial charge in [0.05, 0.1) is 7.11 Å². The number of methoxy groups -OCH3 is 1. The second-order valence-electron chi connectivity index (χ2n) is 3.12. The van der Waals surface area contributed by atoms with Gasteiger partial charge in [0.15, 0.2) is 0 Å². The number of hydrogen-bond donors (Lipinski definition) is 1. The van der Waals surface area contributed by atoms with Crippen LogP contribution in [-0.4, -0.2) is 45.9 Å². The molecule has 2 atom stereocenters. The number of hydrogen-bond acceptors (Lipinski definition) is 5. The van der Waals surface area contributed by atoms with Crippen LogP contribution in [-0.2, 0) is 9.53 Å². The lowest BCUT2D eigenvalue weighted by Gasteiger charge is -2.24. The molecule has 1 unspecified atom stereocenters. The first-order valence-electron chi connectivity index (χ1n) is 4.25. The molecule has 0 radical (unpaired) electrons. The van der Waals surface area contributed by atoms with Crippen molar-refractivity contribution in [3.63, 3.8) is 0 Å². The normalized spacial score (nSPS) is 23.8. The summed E-state index contributed by atoms with van der Waals surface area (Å²) in [5.41, 5.74) is 0. The van der Waals surface area contributed by atoms with E-state index >= 15 is 0 Å². The molecule has 0 aliphatic carbocycles. The average Bonchev–Trinajstić information content (AvgIpc) is 2.46. The molecule has 0 spiro atoms. The molecule has 1 fully saturated rings. The van der Waals surface area contributed by atoms with E-state index in [2.05, 4.69) is 12.6 Å². The molecule has 6 heteroatoms. The SMILES string of the molecule is COC(=O)[C@@H]1CSC(=S)N1CC(C)S. The molecular formula is C8H13NO2S3. The summed E-state index contributed by atoms with van der Waals surface area (Å²) in [6.45, 7) is 2.66. The molecule has 80 valence electrons. The van der Waals surface area contributed by atoms with Crippen LogP contribution >= 0.6 is 36.6 Å². The number of rotatable bonds is 3. The van der Waals surface area contributed by atoms with Crippen LogP contribution in [0.4, 0.5) is 0 Å². The Morgan fingerprint density at radius 1 is 1.93 bits per heavy atom. The van der Waals surface area contributed by atoms with E-state index in [1.165, 1.54) is 18.9 Å². The lowest BCUT2D eigenvalue weighted by Crippen LogP contribution is -2.42. The zero-order valence-electron chi connectivity index (χ0n) is 8.10. The van der Waals surface area contributed by atoms with E-state index in [0.29, 0.717) is 12.3 Å². The molecular weight excluding hydrogens is 238 g/mol. The third-order valence-corrected chi connectivity index (χ3v) is 3.62. The molecule has 1 heterocycles. The highest BCUT2D eigenvalue weighted by atomic mass is 32.2. The largest absolute Gasteiger partial charge is 0.467 e. The van der Waals surface area contributed by atoms with E-state index in [0.717, 1.165) is 4.32 Å². The predicted octanol–water partition coefficient (Wildman–Crippen LogP) is 1.18. The van der Waals surface area contributed by atoms with Crippen LogP contribution in [0.25, 0.3) is 0 Å². The van der Waals surface area contributed by atoms with Gasteiger partial charge in [0.2, 0.25) is 0 Å². The first-order valence-corrected chi connectivity index (χ1v) is 6.16. The van der Waals surface area contributed by atoms with Crippen LogP contribution in [0.15, 0.2) is 0 Å². The van der Waals surface area contributed by atoms with Crippen molar-refractivity contribution in [1.29, 1.82) is 0 Å². The van der Waals surface area contributed by atoms with Crippen molar-refractivity contribution in [2.24, 2.45) is 0 Å². The second-order valence-corrected chi connectivity index (χ2v) is 5.65. The first-order chi connectivity index (χ1) is 6.56. The van der Waals surface area contributed by atoms with Gasteiger partial charge >= 0.3 is 5.97 Å². The number of ether oxygens (including phenoxy) is 1. The molecule has 0 saturated carbocycles. The van der Waals surface area contributed by atoms with Gasteiger partial charge in [0, 0.05) is 17.5 Å². The van der Waals surface area contributed by atoms with E-state index < -0.39 is 0 Å². The molecule has 0 bridgehead atoms. The van der Waals surface area contributed by atoms with Gasteiger partial charge < -0.3 is 9.64 Å². The van der Waals surface area contributed by atoms with Gasteiger partial charge in [-0.25, -0.2) is 4.79 Å². The fourth-order valence-corrected chi connectivity index (χ4v) is 2.83. The Balaban J connectivity index is 2.66. The first kappa shape index (κ1) is 12.1. The van der Waals surface area contributed by atoms with Crippen LogP contribution in [0.2, 0.25) is 0 Å². The summed E-state index contributed by atoms with van der Waals surface area (Å²) in [5.74, 6) is 0.470. The Morgan fingerprint density at radius 2 is 2.57 bits per heavy atom. The summed E-state index contributed by atoms with van der Waals surface area (Å²) in [6, 6.07) is -0.230. The van der Waals surface area contributed by atoms with Crippen LogP contribution < -0.4 is 0 Å². The molecule has 0 aromatic carbocycles. The Kier molecular flexibility index (Phi) is 4.53. The molecule has 1 rings (SSSR count). The van der Waals surface area contributed by atoms with E-state index in [1.807, 2.05) is 11.8 Å². The number of carbonyl (C=O) groups excluding carboxylic acids is 1. The number of thioether (sulfide) groups is 1. The maximum atomic E-state index is 11.4. The van der Waals surface area contributed by atoms with Crippen LogP contribution in [0.3, 0.4) is 0 Å². The number of thiol groups is 1. The van der Waals surface area contributed by atoms with E-state index in [4.69, 9.17) is 17.0 Å². The molecule has 1 aliphatic rings. The summed E-state index contributed by atoms with van der Waals surface area (Å²) in [6.07, 6.45) is 0. The van der Waals surface area contributed by atoms with Gasteiger partial charge in [-0.2, -0.15) is 12.6 Å². The van der Waals surface area contributed by atoms with Gasteiger partial charge in [0.1, 0.15) is 10.4 Å². The summed E-state index contributed by atoms with van der Waals surface area (Å²) in [7, 11) is 1.40. The van der Waals surface area contributed by atoms with Gasteiger partial charge in [-0.3, -0.25) is 0 Å². The molecule has 1 saturated heterocycles. The summed E-state index contributed by atoms with van der Waals surface area (Å²) < 4.78 is 5.48. The molecule has 0 amide bonds. The third-order valence-electron chi connectivity index (χ3n) is 1.91. The van der Waals surface area contributed by atoms with Crippen molar-refractivity contribution in [2.75, 3.05) is 19.4 Å². The van der Waals surface area contributed by atoms with Crippen LogP contribution in [0.1, 0.15) is 6.92 Å². The third kappa shape index (κ3) is 2.77. The van der Waals surface area contributed by atoms with Crippen LogP contribution in [0, 0.1) is 0 Å². The highest BCUT2D eigenvalue weighted by molar-refractivity contribution is 8.23. The topological polar surface area (TPSA) is 29.5 Å². The number of esters is 1. The van der Waals surface area contributed by atoms with Crippen molar-refractivity contribution in [2.45, 2.75) is 18.2 Å². The molecule has 1 aliphatic heterocycles. The quantitative estimate of drug-likeness (QED) is 0.462. The molecule has 0 aromatic heterocycles. The average molecular weight is 251 g/mol. The van der Waals surface area contributed by atoms with Gasteiger partial charge in [-0.1, -0.05) is 30.9 Å². The van der Waals surface area contributed by atoms with Crippen LogP contribution in [0.5, 0.6) is 0 Å². The lowest BCUT2D eigenvalue weighted by atomic mass is 10.3. The Bertz CT molecular complexity index is 245. The molecule has 14 heavy (non-hydrogen) atoms. The lowest BCUT2D eigenvalue weighted by molar-refractivity contribution is -0.144. The standard InChI is InChI=1S/C8H13NO2S3/c1-5(12)3-9-6(7(10)11-2)4-14-8(9)13/h5-6,12H,3-4H2,1-2H3/t5?,6-/m0/s1. The molecule has 0 aromatic rings. The molecule has 3 nitrogen and oxygen atoms in total. The van der Waals surface area contributed by atoms with E-state index in [9.17, 15) is 4.79 Å². The maximum Gasteiger partial charge on any atom is 0.329 e. The van der Waals surface area contributed by atoms with Crippen molar-refractivity contribution in [3.05, 3.63) is 0 Å². The van der Waals surface area contributed by atoms with E-state index in [1.54, 1.807) is 0 Å². The van der Waals surface area contributed by atoms with Crippen molar-refractivity contribution in [1.82, 2.24) is 4.90 Å². The number of carbonyl (C=O) groups is 1. The minimum Gasteiger partial charge on any atom is -0.467 e. The highest BCUT2D eigenvalue weighted by Gasteiger charge is 2.35. The maximum absolute atomic E-state index is 11.4. The van der Waals surface area contributed by atoms with Crippen molar-refractivity contribution >= 4 is 46.9 Å². The van der Waals surface area contributed by atoms with Gasteiger partial charge in [0.25, 0.3) is 0 Å². The van der Waals surface area contributed by atoms with Crippen molar-refractivity contribution < 1.29 is 9.53 Å². The minimum atomic E-state index is -0.230. The van der Waals surface area contributed by atoms with Crippen molar-refractivity contribution in [3.8, 4) is 0 Å². The monoisotopic (exact) mass is 251 g/mol. The smallest absolute Gasteiger partial charge is 0.329 e. The summed E-state index contributed by atoms with van der Waals surface area (Å²) in [4.78, 5) is 13.3. The summed E-state index contributed by atoms with van der Waals surface area (Å²) >= 11 is 11.0. The Morgan fingerprint density at radius 3 is 3.07 bits per heavy atom. The second kappa shape index (κ2) is 5.23. The van der Waals surface area contributed by atoms with E-state index in [-0.39, 0.29) is 17.3 Å². The number of nitrogens with zero attached hydrogens (tertiary/aromatic N) is 1. The summed E-state index contributed by atoms with van der Waals surface area (Å²) in [5, 5.41) is 0.193. The fraction of sp³-hybridized carbons (Fsp3) is 0.750. The zero-order valence-corrected chi connectivity index (χ0v) is 10.6. The minimum absolute atomic E-state index is 0.193. The zero-order chi connectivity index (χ0) is 10.7. The molecule has 0 N–H and O–H groups in total. The number of thiocarbonyl (C=S) groups is 1.